The molecule has 0 saturated heterocycles. The molecular formula is C18H26O3. The van der Waals surface area contributed by atoms with E-state index in [1.165, 1.54) is 38.5 Å². The zero-order valence-corrected chi connectivity index (χ0v) is 12.7. The predicted molar refractivity (Wildman–Crippen MR) is 83.1 cm³/mol. The number of hydrogen-bond acceptors (Lipinski definition) is 3. The third-order valence-electron chi connectivity index (χ3n) is 4.63. The van der Waals surface area contributed by atoms with Crippen LogP contribution in [-0.2, 0) is 0 Å². The van der Waals surface area contributed by atoms with E-state index in [-0.39, 0.29) is 11.9 Å². The van der Waals surface area contributed by atoms with Crippen LogP contribution in [0.25, 0.3) is 0 Å². The molecule has 0 amide bonds. The maximum absolute atomic E-state index is 9.99. The average Bonchev–Trinajstić information content (AvgIpc) is 2.53. The van der Waals surface area contributed by atoms with E-state index in [2.05, 4.69) is 0 Å². The smallest absolute Gasteiger partial charge is 0.165 e. The van der Waals surface area contributed by atoms with E-state index >= 15 is 0 Å². The van der Waals surface area contributed by atoms with Gasteiger partial charge in [0.15, 0.2) is 11.5 Å². The summed E-state index contributed by atoms with van der Waals surface area (Å²) in [5, 5.41) is 9.99. The third kappa shape index (κ3) is 4.05. The van der Waals surface area contributed by atoms with Crippen molar-refractivity contribution < 1.29 is 14.6 Å². The van der Waals surface area contributed by atoms with Gasteiger partial charge in [0.1, 0.15) is 5.75 Å². The van der Waals surface area contributed by atoms with Crippen LogP contribution >= 0.6 is 0 Å². The predicted octanol–water partition coefficient (Wildman–Crippen LogP) is 4.82. The van der Waals surface area contributed by atoms with Gasteiger partial charge >= 0.3 is 0 Å². The Kier molecular flexibility index (Phi) is 4.89. The molecule has 2 fully saturated rings. The van der Waals surface area contributed by atoms with Crippen molar-refractivity contribution >= 4 is 0 Å². The lowest BCUT2D eigenvalue weighted by atomic mass is 9.97. The van der Waals surface area contributed by atoms with E-state index in [0.717, 1.165) is 31.4 Å². The Morgan fingerprint density at radius 3 is 1.95 bits per heavy atom. The minimum absolute atomic E-state index is 0.219. The molecule has 0 bridgehead atoms. The van der Waals surface area contributed by atoms with Crippen LogP contribution in [0.5, 0.6) is 17.2 Å². The Morgan fingerprint density at radius 1 is 0.762 bits per heavy atom. The topological polar surface area (TPSA) is 38.7 Å². The molecule has 2 aliphatic rings. The summed E-state index contributed by atoms with van der Waals surface area (Å²) in [6.45, 7) is 0. The molecule has 0 spiro atoms. The summed E-state index contributed by atoms with van der Waals surface area (Å²) in [4.78, 5) is 0. The second-order valence-electron chi connectivity index (χ2n) is 6.39. The third-order valence-corrected chi connectivity index (χ3v) is 4.63. The molecule has 1 aromatic rings. The molecule has 21 heavy (non-hydrogen) atoms. The first-order chi connectivity index (χ1) is 10.3. The fraction of sp³-hybridized carbons (Fsp3) is 0.667. The van der Waals surface area contributed by atoms with Gasteiger partial charge in [-0.3, -0.25) is 0 Å². The van der Waals surface area contributed by atoms with Gasteiger partial charge in [0.2, 0.25) is 0 Å². The molecule has 1 aromatic carbocycles. The lowest BCUT2D eigenvalue weighted by Gasteiger charge is -2.25. The van der Waals surface area contributed by atoms with Gasteiger partial charge in [-0.15, -0.1) is 0 Å². The standard InChI is InChI=1S/C18H26O3/c19-17-12-11-16(20-14-7-3-1-4-8-14)13-18(17)21-15-9-5-2-6-10-15/h11-15,19H,1-10H2. The van der Waals surface area contributed by atoms with E-state index in [1.54, 1.807) is 6.07 Å². The minimum Gasteiger partial charge on any atom is -0.504 e. The molecule has 3 heteroatoms. The Balaban J connectivity index is 1.63. The molecule has 0 atom stereocenters. The van der Waals surface area contributed by atoms with E-state index in [9.17, 15) is 5.11 Å². The van der Waals surface area contributed by atoms with Crippen LogP contribution in [0.2, 0.25) is 0 Å². The van der Waals surface area contributed by atoms with Crippen molar-refractivity contribution in [3.63, 3.8) is 0 Å². The Hall–Kier alpha value is -1.38. The molecule has 3 rings (SSSR count). The highest BCUT2D eigenvalue weighted by molar-refractivity contribution is 5.44. The zero-order chi connectivity index (χ0) is 14.5. The van der Waals surface area contributed by atoms with E-state index in [1.807, 2.05) is 12.1 Å². The van der Waals surface area contributed by atoms with Crippen molar-refractivity contribution in [2.45, 2.75) is 76.4 Å². The summed E-state index contributed by atoms with van der Waals surface area (Å²) in [7, 11) is 0. The highest BCUT2D eigenvalue weighted by Crippen LogP contribution is 2.34. The zero-order valence-electron chi connectivity index (χ0n) is 12.7. The maximum atomic E-state index is 9.99. The molecule has 0 aromatic heterocycles. The van der Waals surface area contributed by atoms with Crippen LogP contribution in [-0.4, -0.2) is 17.3 Å². The van der Waals surface area contributed by atoms with Crippen LogP contribution in [0, 0.1) is 0 Å². The van der Waals surface area contributed by atoms with Crippen LogP contribution in [0.15, 0.2) is 18.2 Å². The normalized spacial score (nSPS) is 21.1. The first kappa shape index (κ1) is 14.6. The number of benzene rings is 1. The van der Waals surface area contributed by atoms with Crippen LogP contribution in [0.1, 0.15) is 64.2 Å². The quantitative estimate of drug-likeness (QED) is 0.864. The van der Waals surface area contributed by atoms with Gasteiger partial charge in [0, 0.05) is 6.07 Å². The van der Waals surface area contributed by atoms with Crippen LogP contribution in [0.4, 0.5) is 0 Å². The summed E-state index contributed by atoms with van der Waals surface area (Å²) in [6, 6.07) is 5.40. The molecule has 0 aliphatic heterocycles. The second kappa shape index (κ2) is 7.06. The Labute approximate surface area is 127 Å². The van der Waals surface area contributed by atoms with Gasteiger partial charge in [-0.05, 0) is 63.5 Å². The molecule has 1 N–H and O–H groups in total. The first-order valence-electron chi connectivity index (χ1n) is 8.47. The molecule has 0 radical (unpaired) electrons. The first-order valence-corrected chi connectivity index (χ1v) is 8.47. The fourth-order valence-electron chi connectivity index (χ4n) is 3.40. The van der Waals surface area contributed by atoms with Gasteiger partial charge < -0.3 is 14.6 Å². The molecular weight excluding hydrogens is 264 g/mol. The molecule has 2 aliphatic carbocycles. The van der Waals surface area contributed by atoms with Gasteiger partial charge in [-0.25, -0.2) is 0 Å². The molecule has 3 nitrogen and oxygen atoms in total. The largest absolute Gasteiger partial charge is 0.504 e. The van der Waals surface area contributed by atoms with Crippen LogP contribution < -0.4 is 9.47 Å². The second-order valence-corrected chi connectivity index (χ2v) is 6.39. The van der Waals surface area contributed by atoms with Gasteiger partial charge in [-0.2, -0.15) is 0 Å². The number of rotatable bonds is 4. The van der Waals surface area contributed by atoms with Crippen molar-refractivity contribution in [3.8, 4) is 17.2 Å². The molecule has 0 unspecified atom stereocenters. The summed E-state index contributed by atoms with van der Waals surface area (Å²) >= 11 is 0. The van der Waals surface area contributed by atoms with Gasteiger partial charge in [0.25, 0.3) is 0 Å². The van der Waals surface area contributed by atoms with Crippen molar-refractivity contribution in [1.29, 1.82) is 0 Å². The maximum Gasteiger partial charge on any atom is 0.165 e. The van der Waals surface area contributed by atoms with Crippen molar-refractivity contribution in [2.24, 2.45) is 0 Å². The summed E-state index contributed by atoms with van der Waals surface area (Å²) in [5.74, 6) is 1.62. The number of ether oxygens (including phenoxy) is 2. The number of hydrogen-bond donors (Lipinski definition) is 1. The molecule has 116 valence electrons. The Bertz CT molecular complexity index is 446. The fourth-order valence-corrected chi connectivity index (χ4v) is 3.40. The van der Waals surface area contributed by atoms with Crippen LogP contribution in [0.3, 0.4) is 0 Å². The van der Waals surface area contributed by atoms with Crippen molar-refractivity contribution in [2.75, 3.05) is 0 Å². The monoisotopic (exact) mass is 290 g/mol. The van der Waals surface area contributed by atoms with E-state index in [4.69, 9.17) is 9.47 Å². The summed E-state index contributed by atoms with van der Waals surface area (Å²) in [5.41, 5.74) is 0. The Morgan fingerprint density at radius 2 is 1.33 bits per heavy atom. The SMILES string of the molecule is Oc1ccc(OC2CCCCC2)cc1OC1CCCCC1. The number of aromatic hydroxyl groups is 1. The van der Waals surface area contributed by atoms with Gasteiger partial charge in [0.05, 0.1) is 12.2 Å². The lowest BCUT2D eigenvalue weighted by Crippen LogP contribution is -2.20. The van der Waals surface area contributed by atoms with Crippen molar-refractivity contribution in [3.05, 3.63) is 18.2 Å². The number of phenolic OH excluding ortho intramolecular Hbond substituents is 1. The van der Waals surface area contributed by atoms with Crippen molar-refractivity contribution in [1.82, 2.24) is 0 Å². The summed E-state index contributed by atoms with van der Waals surface area (Å²) in [6.07, 6.45) is 12.6. The van der Waals surface area contributed by atoms with E-state index < -0.39 is 0 Å². The molecule has 2 saturated carbocycles. The lowest BCUT2D eigenvalue weighted by molar-refractivity contribution is 0.142. The minimum atomic E-state index is 0.219. The average molecular weight is 290 g/mol. The highest BCUT2D eigenvalue weighted by atomic mass is 16.5. The highest BCUT2D eigenvalue weighted by Gasteiger charge is 2.18. The van der Waals surface area contributed by atoms with Gasteiger partial charge in [-0.1, -0.05) is 12.8 Å². The van der Waals surface area contributed by atoms with E-state index in [0.29, 0.717) is 11.9 Å². The molecule has 0 heterocycles. The summed E-state index contributed by atoms with van der Waals surface area (Å²) < 4.78 is 12.0. The number of phenols is 1.